The Labute approximate surface area is 216 Å². The van der Waals surface area contributed by atoms with E-state index in [4.69, 9.17) is 5.73 Å². The fourth-order valence-corrected chi connectivity index (χ4v) is 7.17. The molecule has 3 aromatic rings. The third-order valence-electron chi connectivity index (χ3n) is 6.69. The molecule has 2 saturated heterocycles. The summed E-state index contributed by atoms with van der Waals surface area (Å²) in [6.45, 7) is 1.64. The van der Waals surface area contributed by atoms with Gasteiger partial charge in [0.1, 0.15) is 23.7 Å². The number of carboxylic acids is 1. The second-order valence-corrected chi connectivity index (χ2v) is 12.0. The fraction of sp³-hybridized carbons (Fsp3) is 0.391. The summed E-state index contributed by atoms with van der Waals surface area (Å²) in [5, 5.41) is 11.5. The van der Waals surface area contributed by atoms with Crippen LogP contribution in [-0.4, -0.2) is 72.0 Å². The van der Waals surface area contributed by atoms with E-state index in [0.29, 0.717) is 15.9 Å². The molecule has 2 fully saturated rings. The number of halogens is 1. The molecule has 1 aromatic carbocycles. The predicted octanol–water partition coefficient (Wildman–Crippen LogP) is 1.59. The molecule has 14 heteroatoms. The first-order valence-electron chi connectivity index (χ1n) is 11.7. The zero-order valence-electron chi connectivity index (χ0n) is 19.6. The average molecular weight is 549 g/mol. The van der Waals surface area contributed by atoms with Crippen LogP contribution in [0.1, 0.15) is 24.8 Å². The summed E-state index contributed by atoms with van der Waals surface area (Å²) in [7, 11) is -4.04. The molecule has 0 aliphatic carbocycles. The summed E-state index contributed by atoms with van der Waals surface area (Å²) in [4.78, 5) is 36.4. The number of fused-ring (bicyclic) bond motifs is 1. The third kappa shape index (κ3) is 4.95. The number of likely N-dealkylation sites (tertiary alicyclic amines) is 1. The third-order valence-corrected chi connectivity index (χ3v) is 9.68. The van der Waals surface area contributed by atoms with Crippen molar-refractivity contribution in [2.24, 2.45) is 0 Å². The van der Waals surface area contributed by atoms with Crippen molar-refractivity contribution in [3.8, 4) is 0 Å². The summed E-state index contributed by atoms with van der Waals surface area (Å²) < 4.78 is 43.1. The lowest BCUT2D eigenvalue weighted by molar-refractivity contribution is -0.148. The molecule has 4 N–H and O–H groups in total. The minimum atomic E-state index is -4.04. The Bertz CT molecular complexity index is 1470. The molecule has 2 aliphatic heterocycles. The maximum atomic E-state index is 14.8. The summed E-state index contributed by atoms with van der Waals surface area (Å²) in [6, 6.07) is 1.81. The smallest absolute Gasteiger partial charge is 0.326 e. The van der Waals surface area contributed by atoms with Crippen molar-refractivity contribution in [1.29, 1.82) is 0 Å². The van der Waals surface area contributed by atoms with Crippen molar-refractivity contribution in [3.05, 3.63) is 42.0 Å². The van der Waals surface area contributed by atoms with Gasteiger partial charge in [0.25, 0.3) is 10.0 Å². The van der Waals surface area contributed by atoms with E-state index in [0.717, 1.165) is 42.2 Å². The molecule has 11 nitrogen and oxygen atoms in total. The molecule has 1 amide bonds. The number of hydrogen-bond donors (Lipinski definition) is 3. The van der Waals surface area contributed by atoms with Gasteiger partial charge < -0.3 is 20.6 Å². The zero-order valence-corrected chi connectivity index (χ0v) is 21.3. The number of hydrogen-bond acceptors (Lipinski definition) is 9. The predicted molar refractivity (Wildman–Crippen MR) is 135 cm³/mol. The molecule has 0 radical (unpaired) electrons. The summed E-state index contributed by atoms with van der Waals surface area (Å²) in [5.74, 6) is -2.50. The Hall–Kier alpha value is -3.36. The number of amides is 1. The number of aliphatic carboxylic acids is 1. The highest BCUT2D eigenvalue weighted by Crippen LogP contribution is 2.30. The van der Waals surface area contributed by atoms with Crippen LogP contribution in [0.5, 0.6) is 0 Å². The van der Waals surface area contributed by atoms with Crippen LogP contribution in [0.4, 0.5) is 15.3 Å². The Kier molecular flexibility index (Phi) is 6.72. The lowest BCUT2D eigenvalue weighted by atomic mass is 10.0. The Morgan fingerprint density at radius 3 is 2.76 bits per heavy atom. The number of rotatable bonds is 8. The monoisotopic (exact) mass is 548 g/mol. The van der Waals surface area contributed by atoms with Gasteiger partial charge in [-0.05, 0) is 48.4 Å². The van der Waals surface area contributed by atoms with Crippen molar-refractivity contribution >= 4 is 55.0 Å². The number of nitrogens with zero attached hydrogens (tertiary/aromatic N) is 4. The van der Waals surface area contributed by atoms with Crippen LogP contribution in [0.3, 0.4) is 0 Å². The first-order valence-corrected chi connectivity index (χ1v) is 14.0. The van der Waals surface area contributed by atoms with E-state index in [-0.39, 0.29) is 35.0 Å². The van der Waals surface area contributed by atoms with Crippen molar-refractivity contribution in [2.45, 2.75) is 42.0 Å². The molecule has 5 rings (SSSR count). The average Bonchev–Trinajstić information content (AvgIpc) is 3.61. The number of sulfonamides is 1. The number of nitrogen functional groups attached to an aromatic ring is 1. The van der Waals surface area contributed by atoms with Gasteiger partial charge in [-0.25, -0.2) is 27.6 Å². The van der Waals surface area contributed by atoms with Gasteiger partial charge in [-0.2, -0.15) is 4.72 Å². The number of aromatic nitrogens is 2. The molecule has 2 unspecified atom stereocenters. The largest absolute Gasteiger partial charge is 0.480 e. The Morgan fingerprint density at radius 2 is 2.03 bits per heavy atom. The number of carbonyl (C=O) groups excluding carboxylic acids is 1. The van der Waals surface area contributed by atoms with Crippen LogP contribution in [-0.2, 0) is 26.0 Å². The standard InChI is InChI=1S/C23H25FN6O5S2/c24-16-11-15-13(3-5-26-20(15)25)9-14(16)10-18(22(32)33)30-8-4-17(21(30)31)28-37(34,35)19-12-27-23(36-19)29-6-1-2-7-29/h3,5,9,11-12,17-18,28H,1-2,4,6-8,10H2,(H2,25,26)(H,32,33). The van der Waals surface area contributed by atoms with E-state index >= 15 is 0 Å². The second-order valence-electron chi connectivity index (χ2n) is 9.07. The number of nitrogens with two attached hydrogens (primary N) is 1. The van der Waals surface area contributed by atoms with E-state index in [2.05, 4.69) is 14.7 Å². The molecule has 0 spiro atoms. The van der Waals surface area contributed by atoms with Crippen LogP contribution in [0.2, 0.25) is 0 Å². The van der Waals surface area contributed by atoms with Crippen molar-refractivity contribution in [1.82, 2.24) is 19.6 Å². The molecule has 2 aliphatic rings. The molecular weight excluding hydrogens is 523 g/mol. The lowest BCUT2D eigenvalue weighted by Gasteiger charge is -2.25. The minimum absolute atomic E-state index is 0.0107. The summed E-state index contributed by atoms with van der Waals surface area (Å²) >= 11 is 1.03. The van der Waals surface area contributed by atoms with Crippen molar-refractivity contribution in [3.63, 3.8) is 0 Å². The minimum Gasteiger partial charge on any atom is -0.480 e. The molecule has 0 saturated carbocycles. The van der Waals surface area contributed by atoms with E-state index in [1.807, 2.05) is 4.90 Å². The van der Waals surface area contributed by atoms with E-state index in [9.17, 15) is 27.5 Å². The SMILES string of the molecule is Nc1nccc2cc(CC(C(=O)O)N3CCC(NS(=O)(=O)c4cnc(N5CCCC5)s4)C3=O)c(F)cc12. The molecule has 0 bridgehead atoms. The van der Waals surface area contributed by atoms with E-state index in [1.165, 1.54) is 24.5 Å². The highest BCUT2D eigenvalue weighted by molar-refractivity contribution is 7.91. The van der Waals surface area contributed by atoms with Crippen molar-refractivity contribution < 1.29 is 27.5 Å². The molecule has 196 valence electrons. The van der Waals surface area contributed by atoms with Gasteiger partial charge in [0.05, 0.1) is 6.20 Å². The van der Waals surface area contributed by atoms with Crippen LogP contribution >= 0.6 is 11.3 Å². The summed E-state index contributed by atoms with van der Waals surface area (Å²) in [6.07, 6.45) is 4.56. The van der Waals surface area contributed by atoms with Gasteiger partial charge in [0.15, 0.2) is 9.34 Å². The van der Waals surface area contributed by atoms with Gasteiger partial charge >= 0.3 is 5.97 Å². The Morgan fingerprint density at radius 1 is 1.27 bits per heavy atom. The number of carbonyl (C=O) groups is 2. The molecule has 4 heterocycles. The van der Waals surface area contributed by atoms with E-state index in [1.54, 1.807) is 6.07 Å². The van der Waals surface area contributed by atoms with Crippen molar-refractivity contribution in [2.75, 3.05) is 30.3 Å². The van der Waals surface area contributed by atoms with Gasteiger partial charge in [-0.3, -0.25) is 4.79 Å². The van der Waals surface area contributed by atoms with Gasteiger partial charge in [0, 0.05) is 37.6 Å². The van der Waals surface area contributed by atoms with Crippen LogP contribution in [0.15, 0.2) is 34.8 Å². The fourth-order valence-electron chi connectivity index (χ4n) is 4.76. The van der Waals surface area contributed by atoms with Gasteiger partial charge in [-0.1, -0.05) is 11.3 Å². The van der Waals surface area contributed by atoms with Gasteiger partial charge in [-0.15, -0.1) is 0 Å². The Balaban J connectivity index is 1.32. The zero-order chi connectivity index (χ0) is 26.3. The topological polar surface area (TPSA) is 159 Å². The highest BCUT2D eigenvalue weighted by atomic mass is 32.2. The molecule has 2 atom stereocenters. The summed E-state index contributed by atoms with van der Waals surface area (Å²) in [5.41, 5.74) is 5.90. The number of thiazole rings is 1. The number of benzene rings is 1. The number of anilines is 2. The lowest BCUT2D eigenvalue weighted by Crippen LogP contribution is -2.48. The molecule has 37 heavy (non-hydrogen) atoms. The maximum Gasteiger partial charge on any atom is 0.326 e. The van der Waals surface area contributed by atoms with E-state index < -0.39 is 39.8 Å². The highest BCUT2D eigenvalue weighted by Gasteiger charge is 2.41. The number of nitrogens with one attached hydrogen (secondary N) is 1. The van der Waals surface area contributed by atoms with Crippen LogP contribution in [0.25, 0.3) is 10.8 Å². The number of pyridine rings is 1. The van der Waals surface area contributed by atoms with Crippen LogP contribution in [0, 0.1) is 5.82 Å². The molecule has 2 aromatic heterocycles. The van der Waals surface area contributed by atoms with Crippen LogP contribution < -0.4 is 15.4 Å². The van der Waals surface area contributed by atoms with Gasteiger partial charge in [0.2, 0.25) is 5.91 Å². The first-order chi connectivity index (χ1) is 17.6. The number of carboxylic acid groups (broad SMARTS) is 1. The molecular formula is C23H25FN6O5S2. The maximum absolute atomic E-state index is 14.8. The quantitative estimate of drug-likeness (QED) is 0.380. The normalized spacial score (nSPS) is 19.2. The second kappa shape index (κ2) is 9.84. The first kappa shape index (κ1) is 25.3.